The number of benzene rings is 7. The maximum absolute atomic E-state index is 6.84. The van der Waals surface area contributed by atoms with Gasteiger partial charge >= 0.3 is 0 Å². The molecule has 3 heterocycles. The lowest BCUT2D eigenvalue weighted by Crippen LogP contribution is -2.32. The predicted molar refractivity (Wildman–Crippen MR) is 222 cm³/mol. The number of rotatable bonds is 5. The molecule has 5 nitrogen and oxygen atoms in total. The van der Waals surface area contributed by atoms with Gasteiger partial charge in [0.2, 0.25) is 0 Å². The molecule has 5 heteroatoms. The second-order valence-electron chi connectivity index (χ2n) is 14.2. The number of fused-ring (bicyclic) bond motifs is 9. The molecule has 0 atom stereocenters. The van der Waals surface area contributed by atoms with Crippen LogP contribution in [0.3, 0.4) is 0 Å². The SMILES string of the molecule is c1ccc(-c2ccc(-c3nc(-c4ccccc4)nc(-c4ccc5c(c4)C4(c6cc(-c7ccccn7)ccc6O5)c5ccccc5-c5ccccc54)n3)cc2)cc1. The molecule has 0 bridgehead atoms. The Labute approximate surface area is 324 Å². The van der Waals surface area contributed by atoms with E-state index in [0.29, 0.717) is 17.5 Å². The molecule has 11 rings (SSSR count). The van der Waals surface area contributed by atoms with Gasteiger partial charge in [-0.25, -0.2) is 15.0 Å². The zero-order valence-electron chi connectivity index (χ0n) is 30.2. The molecule has 0 saturated heterocycles. The molecule has 56 heavy (non-hydrogen) atoms. The Balaban J connectivity index is 1.13. The normalized spacial score (nSPS) is 12.9. The summed E-state index contributed by atoms with van der Waals surface area (Å²) in [5.74, 6) is 3.44. The van der Waals surface area contributed by atoms with E-state index in [2.05, 4.69) is 140 Å². The number of hydrogen-bond acceptors (Lipinski definition) is 5. The molecule has 0 radical (unpaired) electrons. The molecule has 0 amide bonds. The average Bonchev–Trinajstić information content (AvgIpc) is 3.58. The number of hydrogen-bond donors (Lipinski definition) is 0. The van der Waals surface area contributed by atoms with Gasteiger partial charge in [0.1, 0.15) is 11.5 Å². The van der Waals surface area contributed by atoms with Crippen LogP contribution in [0.1, 0.15) is 22.3 Å². The van der Waals surface area contributed by atoms with Gasteiger partial charge in [0.05, 0.1) is 11.1 Å². The predicted octanol–water partition coefficient (Wildman–Crippen LogP) is 12.1. The Hall–Kier alpha value is -7.50. The third kappa shape index (κ3) is 5.02. The van der Waals surface area contributed by atoms with Gasteiger partial charge in [0, 0.05) is 39.6 Å². The van der Waals surface area contributed by atoms with Gasteiger partial charge in [-0.1, -0.05) is 140 Å². The molecule has 7 aromatic carbocycles. The largest absolute Gasteiger partial charge is 0.457 e. The molecule has 2 aromatic heterocycles. The summed E-state index contributed by atoms with van der Waals surface area (Å²) in [5, 5.41) is 0. The molecule has 1 aliphatic carbocycles. The van der Waals surface area contributed by atoms with Crippen LogP contribution in [-0.4, -0.2) is 19.9 Å². The van der Waals surface area contributed by atoms with Gasteiger partial charge in [0.15, 0.2) is 17.5 Å². The van der Waals surface area contributed by atoms with E-state index in [-0.39, 0.29) is 0 Å². The minimum atomic E-state index is -0.678. The molecule has 1 aliphatic heterocycles. The van der Waals surface area contributed by atoms with Crippen LogP contribution in [0.4, 0.5) is 0 Å². The second-order valence-corrected chi connectivity index (χ2v) is 14.2. The van der Waals surface area contributed by atoms with Crippen LogP contribution in [0.5, 0.6) is 11.5 Å². The summed E-state index contributed by atoms with van der Waals surface area (Å²) in [4.78, 5) is 20.1. The standard InChI is InChI=1S/C51H32N4O/c1-3-13-33(14-4-1)34-22-24-36(25-23-34)49-53-48(35-15-5-2-6-16-35)54-50(55-49)38-27-29-47-44(32-38)51(41-19-9-7-17-39(41)40-18-8-10-20-42(40)51)43-31-37(26-28-46(43)56-47)45-21-11-12-30-52-45/h1-32H. The summed E-state index contributed by atoms with van der Waals surface area (Å²) >= 11 is 0. The zero-order valence-corrected chi connectivity index (χ0v) is 30.2. The fraction of sp³-hybridized carbons (Fsp3) is 0.0196. The molecule has 0 N–H and O–H groups in total. The van der Waals surface area contributed by atoms with Crippen molar-refractivity contribution in [1.29, 1.82) is 0 Å². The van der Waals surface area contributed by atoms with Gasteiger partial charge < -0.3 is 4.74 Å². The fourth-order valence-corrected chi connectivity index (χ4v) is 8.53. The quantitative estimate of drug-likeness (QED) is 0.177. The van der Waals surface area contributed by atoms with Crippen LogP contribution in [0, 0.1) is 0 Å². The van der Waals surface area contributed by atoms with E-state index in [9.17, 15) is 0 Å². The summed E-state index contributed by atoms with van der Waals surface area (Å²) in [6, 6.07) is 65.3. The molecule has 262 valence electrons. The van der Waals surface area contributed by atoms with Gasteiger partial charge in [0.25, 0.3) is 0 Å². The first-order chi connectivity index (χ1) is 27.7. The summed E-state index contributed by atoms with van der Waals surface area (Å²) in [7, 11) is 0. The summed E-state index contributed by atoms with van der Waals surface area (Å²) in [6.45, 7) is 0. The molecule has 0 unspecified atom stereocenters. The van der Waals surface area contributed by atoms with Crippen molar-refractivity contribution in [3.05, 3.63) is 217 Å². The number of ether oxygens (including phenoxy) is 1. The van der Waals surface area contributed by atoms with Crippen molar-refractivity contribution in [2.45, 2.75) is 5.41 Å². The maximum Gasteiger partial charge on any atom is 0.164 e. The van der Waals surface area contributed by atoms with Crippen molar-refractivity contribution in [3.8, 4) is 79.2 Å². The highest BCUT2D eigenvalue weighted by Gasteiger charge is 2.51. The van der Waals surface area contributed by atoms with Crippen molar-refractivity contribution < 1.29 is 4.74 Å². The third-order valence-electron chi connectivity index (χ3n) is 11.1. The average molecular weight is 717 g/mol. The van der Waals surface area contributed by atoms with Crippen molar-refractivity contribution in [2.24, 2.45) is 0 Å². The van der Waals surface area contributed by atoms with Crippen LogP contribution in [0.2, 0.25) is 0 Å². The number of nitrogens with zero attached hydrogens (tertiary/aromatic N) is 4. The second kappa shape index (κ2) is 12.8. The first-order valence-corrected chi connectivity index (χ1v) is 18.8. The molecular weight excluding hydrogens is 685 g/mol. The Bertz CT molecular complexity index is 2880. The lowest BCUT2D eigenvalue weighted by Gasteiger charge is -2.39. The topological polar surface area (TPSA) is 60.8 Å². The first-order valence-electron chi connectivity index (χ1n) is 18.8. The molecular formula is C51H32N4O. The van der Waals surface area contributed by atoms with Crippen LogP contribution in [-0.2, 0) is 5.41 Å². The van der Waals surface area contributed by atoms with Crippen LogP contribution in [0.25, 0.3) is 67.7 Å². The van der Waals surface area contributed by atoms with Crippen molar-refractivity contribution in [2.75, 3.05) is 0 Å². The van der Waals surface area contributed by atoms with Crippen LogP contribution in [0.15, 0.2) is 194 Å². The highest BCUT2D eigenvalue weighted by atomic mass is 16.5. The maximum atomic E-state index is 6.84. The van der Waals surface area contributed by atoms with Gasteiger partial charge in [-0.2, -0.15) is 0 Å². The number of aromatic nitrogens is 4. The van der Waals surface area contributed by atoms with E-state index in [1.54, 1.807) is 0 Å². The van der Waals surface area contributed by atoms with Gasteiger partial charge in [-0.15, -0.1) is 0 Å². The Morgan fingerprint density at radius 1 is 0.339 bits per heavy atom. The van der Waals surface area contributed by atoms with E-state index < -0.39 is 5.41 Å². The molecule has 1 spiro atoms. The molecule has 9 aromatic rings. The third-order valence-corrected chi connectivity index (χ3v) is 11.1. The lowest BCUT2D eigenvalue weighted by atomic mass is 9.65. The van der Waals surface area contributed by atoms with E-state index in [4.69, 9.17) is 24.7 Å². The Morgan fingerprint density at radius 3 is 1.39 bits per heavy atom. The van der Waals surface area contributed by atoms with Crippen molar-refractivity contribution in [3.63, 3.8) is 0 Å². The summed E-state index contributed by atoms with van der Waals surface area (Å²) in [6.07, 6.45) is 1.84. The van der Waals surface area contributed by atoms with E-state index in [1.165, 1.54) is 22.3 Å². The Kier molecular flexibility index (Phi) is 7.32. The molecule has 2 aliphatic rings. The van der Waals surface area contributed by atoms with E-state index in [0.717, 1.165) is 61.7 Å². The molecule has 0 fully saturated rings. The monoisotopic (exact) mass is 716 g/mol. The van der Waals surface area contributed by atoms with Crippen molar-refractivity contribution >= 4 is 0 Å². The minimum absolute atomic E-state index is 0.589. The summed E-state index contributed by atoms with van der Waals surface area (Å²) in [5.41, 5.74) is 13.2. The molecule has 0 saturated carbocycles. The summed E-state index contributed by atoms with van der Waals surface area (Å²) < 4.78 is 6.84. The highest BCUT2D eigenvalue weighted by molar-refractivity contribution is 5.89. The minimum Gasteiger partial charge on any atom is -0.457 e. The van der Waals surface area contributed by atoms with E-state index >= 15 is 0 Å². The smallest absolute Gasteiger partial charge is 0.164 e. The van der Waals surface area contributed by atoms with Crippen molar-refractivity contribution in [1.82, 2.24) is 19.9 Å². The number of pyridine rings is 1. The van der Waals surface area contributed by atoms with E-state index in [1.807, 2.05) is 54.7 Å². The van der Waals surface area contributed by atoms with Gasteiger partial charge in [-0.05, 0) is 81.9 Å². The zero-order chi connectivity index (χ0) is 37.1. The van der Waals surface area contributed by atoms with Crippen LogP contribution < -0.4 is 4.74 Å². The van der Waals surface area contributed by atoms with Gasteiger partial charge in [-0.3, -0.25) is 4.98 Å². The first kappa shape index (κ1) is 32.0. The Morgan fingerprint density at radius 2 is 0.786 bits per heavy atom. The highest BCUT2D eigenvalue weighted by Crippen LogP contribution is 2.62. The fourth-order valence-electron chi connectivity index (χ4n) is 8.53. The lowest BCUT2D eigenvalue weighted by molar-refractivity contribution is 0.436. The van der Waals surface area contributed by atoms with Crippen LogP contribution >= 0.6 is 0 Å².